The third-order valence-electron chi connectivity index (χ3n) is 3.64. The minimum atomic E-state index is -0.382. The number of carbonyl (C=O) groups is 2. The summed E-state index contributed by atoms with van der Waals surface area (Å²) >= 11 is 1.38. The molecule has 0 saturated carbocycles. The van der Waals surface area contributed by atoms with Crippen LogP contribution in [0.2, 0.25) is 0 Å². The van der Waals surface area contributed by atoms with Gasteiger partial charge in [-0.15, -0.1) is 0 Å². The fraction of sp³-hybridized carbons (Fsp3) is 0.167. The van der Waals surface area contributed by atoms with Crippen LogP contribution in [0, 0.1) is 0 Å². The van der Waals surface area contributed by atoms with Gasteiger partial charge in [-0.2, -0.15) is 4.99 Å². The molecule has 0 N–H and O–H groups in total. The van der Waals surface area contributed by atoms with Crippen molar-refractivity contribution in [3.63, 3.8) is 0 Å². The average molecular weight is 340 g/mol. The van der Waals surface area contributed by atoms with Crippen molar-refractivity contribution >= 4 is 33.4 Å². The summed E-state index contributed by atoms with van der Waals surface area (Å²) in [5.41, 5.74) is 1.97. The van der Waals surface area contributed by atoms with Crippen molar-refractivity contribution in [2.45, 2.75) is 13.5 Å². The van der Waals surface area contributed by atoms with Gasteiger partial charge in [-0.25, -0.2) is 4.79 Å². The van der Waals surface area contributed by atoms with Crippen molar-refractivity contribution in [2.75, 3.05) is 7.11 Å². The zero-order valence-corrected chi connectivity index (χ0v) is 14.2. The lowest BCUT2D eigenvalue weighted by molar-refractivity contribution is 0.0601. The molecular weight excluding hydrogens is 324 g/mol. The van der Waals surface area contributed by atoms with Crippen LogP contribution in [0.15, 0.2) is 53.5 Å². The Morgan fingerprint density at radius 3 is 2.54 bits per heavy atom. The van der Waals surface area contributed by atoms with Crippen molar-refractivity contribution in [1.29, 1.82) is 0 Å². The molecule has 0 spiro atoms. The summed E-state index contributed by atoms with van der Waals surface area (Å²) in [5, 5.41) is 0. The smallest absolute Gasteiger partial charge is 0.337 e. The molecule has 0 saturated heterocycles. The number of nitrogens with zero attached hydrogens (tertiary/aromatic N) is 2. The maximum Gasteiger partial charge on any atom is 0.337 e. The first kappa shape index (κ1) is 16.1. The first-order chi connectivity index (χ1) is 11.6. The lowest BCUT2D eigenvalue weighted by atomic mass is 10.2. The summed E-state index contributed by atoms with van der Waals surface area (Å²) in [6.45, 7) is 2.67. The first-order valence-electron chi connectivity index (χ1n) is 7.50. The number of amides is 1. The number of ether oxygens (including phenoxy) is 1. The molecule has 0 aliphatic heterocycles. The van der Waals surface area contributed by atoms with Gasteiger partial charge in [0.2, 0.25) is 0 Å². The summed E-state index contributed by atoms with van der Waals surface area (Å²) in [5.74, 6) is -0.662. The quantitative estimate of drug-likeness (QED) is 0.688. The van der Waals surface area contributed by atoms with Gasteiger partial charge in [-0.3, -0.25) is 4.79 Å². The second-order valence-corrected chi connectivity index (χ2v) is 6.10. The molecule has 1 aromatic heterocycles. The lowest BCUT2D eigenvalue weighted by Gasteiger charge is -2.02. The molecule has 6 heteroatoms. The second-order valence-electron chi connectivity index (χ2n) is 5.09. The van der Waals surface area contributed by atoms with Gasteiger partial charge in [0.25, 0.3) is 5.91 Å². The average Bonchev–Trinajstić information content (AvgIpc) is 2.97. The summed E-state index contributed by atoms with van der Waals surface area (Å²) < 4.78 is 7.60. The molecule has 0 unspecified atom stereocenters. The third kappa shape index (κ3) is 3.00. The van der Waals surface area contributed by atoms with Crippen LogP contribution in [-0.2, 0) is 11.3 Å². The van der Waals surface area contributed by atoms with Gasteiger partial charge in [-0.1, -0.05) is 29.5 Å². The van der Waals surface area contributed by atoms with E-state index in [0.29, 0.717) is 22.5 Å². The molecule has 0 fully saturated rings. The Morgan fingerprint density at radius 2 is 1.88 bits per heavy atom. The van der Waals surface area contributed by atoms with Gasteiger partial charge in [0.1, 0.15) is 0 Å². The standard InChI is InChI=1S/C18H16N2O3S/c1-3-20-14-10-9-13(17(22)23-2)11-15(14)24-18(20)19-16(21)12-7-5-4-6-8-12/h4-11H,3H2,1-2H3. The van der Waals surface area contributed by atoms with Crippen LogP contribution in [0.4, 0.5) is 0 Å². The van der Waals surface area contributed by atoms with Crippen molar-refractivity contribution in [1.82, 2.24) is 4.57 Å². The van der Waals surface area contributed by atoms with Crippen LogP contribution in [0.3, 0.4) is 0 Å². The number of aromatic nitrogens is 1. The zero-order valence-electron chi connectivity index (χ0n) is 13.4. The van der Waals surface area contributed by atoms with E-state index < -0.39 is 0 Å². The van der Waals surface area contributed by atoms with Crippen LogP contribution in [0.1, 0.15) is 27.6 Å². The van der Waals surface area contributed by atoms with Crippen molar-refractivity contribution in [3.05, 3.63) is 64.5 Å². The molecule has 0 aliphatic carbocycles. The molecule has 0 radical (unpaired) electrons. The fourth-order valence-corrected chi connectivity index (χ4v) is 3.57. The van der Waals surface area contributed by atoms with E-state index in [1.54, 1.807) is 24.3 Å². The van der Waals surface area contributed by atoms with E-state index in [4.69, 9.17) is 4.74 Å². The number of benzene rings is 2. The maximum atomic E-state index is 12.3. The number of hydrogen-bond donors (Lipinski definition) is 0. The number of thiazole rings is 1. The molecule has 0 atom stereocenters. The van der Waals surface area contributed by atoms with E-state index in [-0.39, 0.29) is 11.9 Å². The zero-order chi connectivity index (χ0) is 17.1. The Bertz CT molecular complexity index is 971. The van der Waals surface area contributed by atoms with E-state index in [9.17, 15) is 9.59 Å². The Labute approximate surface area is 142 Å². The fourth-order valence-electron chi connectivity index (χ4n) is 2.44. The maximum absolute atomic E-state index is 12.3. The molecular formula is C18H16N2O3S. The van der Waals surface area contributed by atoms with E-state index in [2.05, 4.69) is 4.99 Å². The first-order valence-corrected chi connectivity index (χ1v) is 8.31. The highest BCUT2D eigenvalue weighted by Gasteiger charge is 2.11. The predicted octanol–water partition coefficient (Wildman–Crippen LogP) is 3.25. The lowest BCUT2D eigenvalue weighted by Crippen LogP contribution is -2.15. The minimum absolute atomic E-state index is 0.280. The van der Waals surface area contributed by atoms with Gasteiger partial charge in [-0.05, 0) is 37.3 Å². The highest BCUT2D eigenvalue weighted by Crippen LogP contribution is 2.20. The number of aryl methyl sites for hydroxylation is 1. The normalized spacial score (nSPS) is 11.7. The van der Waals surface area contributed by atoms with E-state index in [1.165, 1.54) is 18.4 Å². The summed E-state index contributed by atoms with van der Waals surface area (Å²) in [7, 11) is 1.35. The molecule has 3 aromatic rings. The number of carbonyl (C=O) groups excluding carboxylic acids is 2. The number of methoxy groups -OCH3 is 1. The van der Waals surface area contributed by atoms with Crippen LogP contribution < -0.4 is 4.80 Å². The van der Waals surface area contributed by atoms with Gasteiger partial charge in [0, 0.05) is 12.1 Å². The van der Waals surface area contributed by atoms with Crippen molar-refractivity contribution in [3.8, 4) is 0 Å². The number of fused-ring (bicyclic) bond motifs is 1. The van der Waals surface area contributed by atoms with Crippen molar-refractivity contribution in [2.24, 2.45) is 4.99 Å². The highest BCUT2D eigenvalue weighted by atomic mass is 32.1. The van der Waals surface area contributed by atoms with Crippen LogP contribution in [0.5, 0.6) is 0 Å². The number of esters is 1. The van der Waals surface area contributed by atoms with Gasteiger partial charge in [0.05, 0.1) is 22.9 Å². The molecule has 0 aliphatic rings. The molecule has 0 bridgehead atoms. The van der Waals surface area contributed by atoms with E-state index >= 15 is 0 Å². The van der Waals surface area contributed by atoms with Crippen LogP contribution >= 0.6 is 11.3 Å². The van der Waals surface area contributed by atoms with Crippen LogP contribution in [0.25, 0.3) is 10.2 Å². The summed E-state index contributed by atoms with van der Waals surface area (Å²) in [6.07, 6.45) is 0. The largest absolute Gasteiger partial charge is 0.465 e. The Hall–Kier alpha value is -2.73. The third-order valence-corrected chi connectivity index (χ3v) is 4.68. The van der Waals surface area contributed by atoms with Gasteiger partial charge >= 0.3 is 5.97 Å². The van der Waals surface area contributed by atoms with Gasteiger partial charge in [0.15, 0.2) is 4.80 Å². The van der Waals surface area contributed by atoms with Crippen molar-refractivity contribution < 1.29 is 14.3 Å². The highest BCUT2D eigenvalue weighted by molar-refractivity contribution is 7.16. The molecule has 24 heavy (non-hydrogen) atoms. The molecule has 5 nitrogen and oxygen atoms in total. The van der Waals surface area contributed by atoms with E-state index in [1.807, 2.05) is 35.8 Å². The molecule has 1 heterocycles. The topological polar surface area (TPSA) is 60.7 Å². The second kappa shape index (κ2) is 6.80. The molecule has 2 aromatic carbocycles. The summed E-state index contributed by atoms with van der Waals surface area (Å²) in [6, 6.07) is 14.3. The SMILES string of the molecule is CCn1c(=NC(=O)c2ccccc2)sc2cc(C(=O)OC)ccc21. The monoisotopic (exact) mass is 340 g/mol. The molecule has 1 amide bonds. The minimum Gasteiger partial charge on any atom is -0.465 e. The molecule has 122 valence electrons. The summed E-state index contributed by atoms with van der Waals surface area (Å²) in [4.78, 5) is 28.9. The van der Waals surface area contributed by atoms with Crippen LogP contribution in [-0.4, -0.2) is 23.6 Å². The predicted molar refractivity (Wildman–Crippen MR) is 93.2 cm³/mol. The van der Waals surface area contributed by atoms with Gasteiger partial charge < -0.3 is 9.30 Å². The number of rotatable bonds is 3. The van der Waals surface area contributed by atoms with E-state index in [0.717, 1.165) is 10.2 Å². The Morgan fingerprint density at radius 1 is 1.12 bits per heavy atom. The Kier molecular flexibility index (Phi) is 4.57. The molecule has 3 rings (SSSR count). The number of hydrogen-bond acceptors (Lipinski definition) is 4. The Balaban J connectivity index is 2.12.